The van der Waals surface area contributed by atoms with E-state index in [9.17, 15) is 14.7 Å². The highest BCUT2D eigenvalue weighted by Gasteiger charge is 2.31. The van der Waals surface area contributed by atoms with Crippen LogP contribution in [-0.4, -0.2) is 35.8 Å². The molecule has 1 unspecified atom stereocenters. The summed E-state index contributed by atoms with van der Waals surface area (Å²) in [6, 6.07) is 11.9. The van der Waals surface area contributed by atoms with E-state index in [-0.39, 0.29) is 11.9 Å². The Morgan fingerprint density at radius 1 is 1.03 bits per heavy atom. The number of esters is 1. The van der Waals surface area contributed by atoms with Gasteiger partial charge in [-0.2, -0.15) is 0 Å². The van der Waals surface area contributed by atoms with E-state index in [1.165, 1.54) is 54.1 Å². The van der Waals surface area contributed by atoms with E-state index in [1.54, 1.807) is 13.2 Å². The van der Waals surface area contributed by atoms with Crippen molar-refractivity contribution >= 4 is 22.8 Å². The number of carboxylic acid groups (broad SMARTS) is 1. The van der Waals surface area contributed by atoms with Gasteiger partial charge in [0.25, 0.3) is 0 Å². The highest BCUT2D eigenvalue weighted by atomic mass is 16.5. The Labute approximate surface area is 205 Å². The summed E-state index contributed by atoms with van der Waals surface area (Å²) >= 11 is 0. The van der Waals surface area contributed by atoms with Crippen LogP contribution in [0.2, 0.25) is 0 Å². The van der Waals surface area contributed by atoms with Crippen LogP contribution in [0.3, 0.4) is 0 Å². The fraction of sp³-hybridized carbons (Fsp3) is 0.448. The average molecular weight is 476 g/mol. The van der Waals surface area contributed by atoms with Crippen molar-refractivity contribution in [3.05, 3.63) is 53.1 Å². The molecule has 0 spiro atoms. The number of fused-ring (bicyclic) bond motifs is 5. The first kappa shape index (κ1) is 23.5. The third-order valence-corrected chi connectivity index (χ3v) is 7.94. The Hall–Kier alpha value is -3.28. The van der Waals surface area contributed by atoms with E-state index in [4.69, 9.17) is 9.47 Å². The second kappa shape index (κ2) is 9.76. The second-order valence-corrected chi connectivity index (χ2v) is 9.84. The van der Waals surface area contributed by atoms with Crippen molar-refractivity contribution in [2.75, 3.05) is 14.2 Å². The van der Waals surface area contributed by atoms with Crippen LogP contribution in [-0.2, 0) is 16.1 Å². The maximum absolute atomic E-state index is 12.0. The first-order valence-corrected chi connectivity index (χ1v) is 12.7. The molecule has 1 aliphatic heterocycles. The maximum atomic E-state index is 12.0. The number of aryl methyl sites for hydroxylation is 1. The third-order valence-electron chi connectivity index (χ3n) is 7.94. The number of carbonyl (C=O) groups is 2. The van der Waals surface area contributed by atoms with Gasteiger partial charge in [0, 0.05) is 29.4 Å². The fourth-order valence-corrected chi connectivity index (χ4v) is 6.19. The molecule has 2 heterocycles. The highest BCUT2D eigenvalue weighted by Crippen LogP contribution is 2.49. The van der Waals surface area contributed by atoms with Crippen molar-refractivity contribution in [2.45, 2.75) is 69.7 Å². The fourth-order valence-electron chi connectivity index (χ4n) is 6.19. The van der Waals surface area contributed by atoms with Crippen LogP contribution in [0.5, 0.6) is 5.75 Å². The number of rotatable bonds is 6. The number of carboxylic acids is 1. The molecule has 3 aromatic rings. The Bertz CT molecular complexity index is 1270. The third kappa shape index (κ3) is 4.30. The summed E-state index contributed by atoms with van der Waals surface area (Å²) in [6.07, 6.45) is 7.96. The van der Waals surface area contributed by atoms with Crippen LogP contribution in [0.25, 0.3) is 22.2 Å². The van der Waals surface area contributed by atoms with Gasteiger partial charge >= 0.3 is 11.9 Å². The lowest BCUT2D eigenvalue weighted by Crippen LogP contribution is -2.07. The summed E-state index contributed by atoms with van der Waals surface area (Å²) in [5, 5.41) is 10.9. The molecule has 35 heavy (non-hydrogen) atoms. The van der Waals surface area contributed by atoms with Crippen LogP contribution in [0, 0.1) is 0 Å². The summed E-state index contributed by atoms with van der Waals surface area (Å²) in [5.41, 5.74) is 6.26. The number of nitrogens with zero attached hydrogens (tertiary/aromatic N) is 1. The lowest BCUT2D eigenvalue weighted by atomic mass is 9.80. The van der Waals surface area contributed by atoms with Gasteiger partial charge in [-0.15, -0.1) is 0 Å². The van der Waals surface area contributed by atoms with Gasteiger partial charge in [0.15, 0.2) is 0 Å². The summed E-state index contributed by atoms with van der Waals surface area (Å²) in [5.74, 6) is 0.341. The van der Waals surface area contributed by atoms with E-state index in [1.807, 2.05) is 18.2 Å². The summed E-state index contributed by atoms with van der Waals surface area (Å²) in [7, 11) is 3.11. The number of ether oxygens (including phenoxy) is 2. The van der Waals surface area contributed by atoms with Gasteiger partial charge in [-0.05, 0) is 79.0 Å². The molecule has 1 fully saturated rings. The average Bonchev–Trinajstić information content (AvgIpc) is 3.12. The Morgan fingerprint density at radius 2 is 1.83 bits per heavy atom. The van der Waals surface area contributed by atoms with Gasteiger partial charge < -0.3 is 19.1 Å². The molecule has 1 aromatic heterocycles. The van der Waals surface area contributed by atoms with Crippen LogP contribution in [0.1, 0.15) is 84.7 Å². The van der Waals surface area contributed by atoms with Crippen molar-refractivity contribution in [2.24, 2.45) is 0 Å². The van der Waals surface area contributed by atoms with E-state index < -0.39 is 5.97 Å². The van der Waals surface area contributed by atoms with E-state index in [0.29, 0.717) is 24.3 Å². The highest BCUT2D eigenvalue weighted by molar-refractivity contribution is 5.98. The van der Waals surface area contributed by atoms with Crippen molar-refractivity contribution in [3.8, 4) is 17.0 Å². The largest absolute Gasteiger partial charge is 0.497 e. The molecule has 6 nitrogen and oxygen atoms in total. The molecule has 0 radical (unpaired) electrons. The minimum atomic E-state index is -0.906. The predicted octanol–water partition coefficient (Wildman–Crippen LogP) is 6.50. The van der Waals surface area contributed by atoms with E-state index >= 15 is 0 Å². The zero-order valence-electron chi connectivity index (χ0n) is 20.5. The molecule has 0 amide bonds. The van der Waals surface area contributed by atoms with Gasteiger partial charge in [0.1, 0.15) is 5.75 Å². The maximum Gasteiger partial charge on any atom is 0.335 e. The number of hydrogen-bond acceptors (Lipinski definition) is 4. The molecule has 1 atom stereocenters. The summed E-state index contributed by atoms with van der Waals surface area (Å²) < 4.78 is 12.8. The van der Waals surface area contributed by atoms with Crippen molar-refractivity contribution in [3.63, 3.8) is 0 Å². The zero-order chi connectivity index (χ0) is 24.5. The summed E-state index contributed by atoms with van der Waals surface area (Å²) in [6.45, 7) is 0.768. The van der Waals surface area contributed by atoms with E-state index in [2.05, 4.69) is 16.7 Å². The van der Waals surface area contributed by atoms with Crippen molar-refractivity contribution < 1.29 is 24.2 Å². The molecule has 1 saturated carbocycles. The van der Waals surface area contributed by atoms with E-state index in [0.717, 1.165) is 37.1 Å². The lowest BCUT2D eigenvalue weighted by molar-refractivity contribution is -0.140. The Kier molecular flexibility index (Phi) is 6.54. The van der Waals surface area contributed by atoms with Crippen LogP contribution in [0.4, 0.5) is 0 Å². The molecule has 0 bridgehead atoms. The molecule has 1 N–H and O–H groups in total. The second-order valence-electron chi connectivity index (χ2n) is 9.84. The van der Waals surface area contributed by atoms with Crippen molar-refractivity contribution in [1.82, 2.24) is 4.57 Å². The first-order chi connectivity index (χ1) is 17.0. The molecule has 1 aliphatic carbocycles. The van der Waals surface area contributed by atoms with Gasteiger partial charge in [0.2, 0.25) is 0 Å². The minimum Gasteiger partial charge on any atom is -0.497 e. The standard InChI is InChI=1S/C29H33NO5/c1-34-21-10-12-22-24(17-21)18(9-13-26(31)35-2)14-15-30-25-16-20(29(32)33)8-11-23(25)27(28(22)30)19-6-4-3-5-7-19/h8,10-12,16-19H,3-7,9,13-15H2,1-2H3,(H,32,33). The number of aromatic nitrogens is 1. The van der Waals surface area contributed by atoms with Crippen LogP contribution >= 0.6 is 0 Å². The van der Waals surface area contributed by atoms with Crippen LogP contribution < -0.4 is 4.74 Å². The smallest absolute Gasteiger partial charge is 0.335 e. The Morgan fingerprint density at radius 3 is 2.54 bits per heavy atom. The van der Waals surface area contributed by atoms with Gasteiger partial charge in [0.05, 0.1) is 25.5 Å². The number of hydrogen-bond donors (Lipinski definition) is 1. The molecule has 6 heteroatoms. The molecule has 2 aliphatic rings. The SMILES string of the molecule is COC(=O)CCC1CCn2c(c(C3CCCCC3)c3ccc(C(=O)O)cc32)-c2ccc(OC)cc21. The summed E-state index contributed by atoms with van der Waals surface area (Å²) in [4.78, 5) is 23.8. The quantitative estimate of drug-likeness (QED) is 0.412. The number of aromatic carboxylic acids is 1. The zero-order valence-corrected chi connectivity index (χ0v) is 20.5. The van der Waals surface area contributed by atoms with Crippen molar-refractivity contribution in [1.29, 1.82) is 0 Å². The van der Waals surface area contributed by atoms with Gasteiger partial charge in [-0.1, -0.05) is 25.3 Å². The topological polar surface area (TPSA) is 77.8 Å². The molecule has 5 rings (SSSR count). The first-order valence-electron chi connectivity index (χ1n) is 12.7. The molecular weight excluding hydrogens is 442 g/mol. The van der Waals surface area contributed by atoms with Gasteiger partial charge in [-0.25, -0.2) is 4.79 Å². The minimum absolute atomic E-state index is 0.177. The molecular formula is C29H33NO5. The molecule has 0 saturated heterocycles. The molecule has 2 aromatic carbocycles. The monoisotopic (exact) mass is 475 g/mol. The predicted molar refractivity (Wildman–Crippen MR) is 135 cm³/mol. The lowest BCUT2D eigenvalue weighted by Gasteiger charge is -2.24. The van der Waals surface area contributed by atoms with Crippen LogP contribution in [0.15, 0.2) is 36.4 Å². The number of benzene rings is 2. The van der Waals surface area contributed by atoms with Gasteiger partial charge in [-0.3, -0.25) is 4.79 Å². The normalized spacial score (nSPS) is 17.9. The number of carbonyl (C=O) groups excluding carboxylic acids is 1. The Balaban J connectivity index is 1.73. The molecule has 184 valence electrons. The number of methoxy groups -OCH3 is 2.